The van der Waals surface area contributed by atoms with Crippen LogP contribution in [0.25, 0.3) is 6.08 Å². The molecular formula is C27H22ClI2N3O2. The first-order valence-electron chi connectivity index (χ1n) is 11.0. The van der Waals surface area contributed by atoms with Gasteiger partial charge in [-0.3, -0.25) is 4.79 Å². The topological polar surface area (TPSA) is 56.6 Å². The summed E-state index contributed by atoms with van der Waals surface area (Å²) in [6.07, 6.45) is 1.67. The molecule has 1 saturated heterocycles. The first-order chi connectivity index (χ1) is 16.9. The van der Waals surface area contributed by atoms with Gasteiger partial charge in [0, 0.05) is 36.9 Å². The molecule has 5 nitrogen and oxygen atoms in total. The smallest absolute Gasteiger partial charge is 0.264 e. The quantitative estimate of drug-likeness (QED) is 0.169. The molecule has 1 aliphatic rings. The van der Waals surface area contributed by atoms with Crippen LogP contribution in [-0.2, 0) is 11.4 Å². The number of carbonyl (C=O) groups excluding carboxylic acids is 1. The highest BCUT2D eigenvalue weighted by atomic mass is 127. The number of anilines is 1. The Morgan fingerprint density at radius 1 is 1.00 bits per heavy atom. The van der Waals surface area contributed by atoms with E-state index < -0.39 is 0 Å². The summed E-state index contributed by atoms with van der Waals surface area (Å²) >= 11 is 10.4. The molecule has 1 amide bonds. The maximum absolute atomic E-state index is 13.1. The molecule has 0 radical (unpaired) electrons. The van der Waals surface area contributed by atoms with Crippen molar-refractivity contribution in [1.82, 2.24) is 4.90 Å². The first kappa shape index (κ1) is 25.8. The molecule has 3 aromatic rings. The van der Waals surface area contributed by atoms with E-state index in [2.05, 4.69) is 68.3 Å². The highest BCUT2D eigenvalue weighted by molar-refractivity contribution is 14.1. The summed E-state index contributed by atoms with van der Waals surface area (Å²) in [6.45, 7) is 3.07. The van der Waals surface area contributed by atoms with Crippen molar-refractivity contribution < 1.29 is 9.53 Å². The predicted octanol–water partition coefficient (Wildman–Crippen LogP) is 6.38. The lowest BCUT2D eigenvalue weighted by molar-refractivity contribution is -0.126. The number of carbonyl (C=O) groups is 1. The van der Waals surface area contributed by atoms with Crippen LogP contribution < -0.4 is 9.64 Å². The van der Waals surface area contributed by atoms with Crippen molar-refractivity contribution in [3.8, 4) is 11.8 Å². The molecule has 1 aliphatic heterocycles. The van der Waals surface area contributed by atoms with Crippen LogP contribution in [0.15, 0.2) is 72.3 Å². The number of nitriles is 1. The highest BCUT2D eigenvalue weighted by Crippen LogP contribution is 2.31. The standard InChI is InChI=1S/C27H22ClI2N3O2/c28-22-8-6-19(7-9-22)18-35-26-24(29)15-20(16-25(26)30)14-21(17-31)27(34)33-12-10-32(11-13-33)23-4-2-1-3-5-23/h1-9,14-16H,10-13,18H2/b21-14-. The van der Waals surface area contributed by atoms with Crippen molar-refractivity contribution in [2.45, 2.75) is 6.61 Å². The lowest BCUT2D eigenvalue weighted by Gasteiger charge is -2.36. The average molecular weight is 710 g/mol. The van der Waals surface area contributed by atoms with Crippen LogP contribution in [0, 0.1) is 18.5 Å². The third kappa shape index (κ3) is 6.68. The maximum Gasteiger partial charge on any atom is 0.264 e. The molecule has 3 aromatic carbocycles. The number of halogens is 3. The molecule has 4 rings (SSSR count). The molecule has 0 aliphatic carbocycles. The fourth-order valence-electron chi connectivity index (χ4n) is 3.82. The Hall–Kier alpha value is -2.29. The third-order valence-corrected chi connectivity index (χ3v) is 7.52. The van der Waals surface area contributed by atoms with Gasteiger partial charge < -0.3 is 14.5 Å². The van der Waals surface area contributed by atoms with Gasteiger partial charge in [0.15, 0.2) is 0 Å². The van der Waals surface area contributed by atoms with Crippen molar-refractivity contribution in [3.05, 3.63) is 95.6 Å². The lowest BCUT2D eigenvalue weighted by Crippen LogP contribution is -2.49. The minimum Gasteiger partial charge on any atom is -0.487 e. The van der Waals surface area contributed by atoms with Crippen molar-refractivity contribution in [2.24, 2.45) is 0 Å². The molecule has 0 N–H and O–H groups in total. The summed E-state index contributed by atoms with van der Waals surface area (Å²) in [4.78, 5) is 17.1. The summed E-state index contributed by atoms with van der Waals surface area (Å²) in [6, 6.07) is 23.7. The molecule has 0 unspecified atom stereocenters. The van der Waals surface area contributed by atoms with Gasteiger partial charge in [0.25, 0.3) is 5.91 Å². The van der Waals surface area contributed by atoms with Crippen LogP contribution >= 0.6 is 56.8 Å². The summed E-state index contributed by atoms with van der Waals surface area (Å²) < 4.78 is 7.87. The molecule has 178 valence electrons. The number of benzene rings is 3. The Morgan fingerprint density at radius 3 is 2.23 bits per heavy atom. The van der Waals surface area contributed by atoms with Crippen molar-refractivity contribution in [1.29, 1.82) is 5.26 Å². The Labute approximate surface area is 237 Å². The monoisotopic (exact) mass is 709 g/mol. The SMILES string of the molecule is N#C/C(=C/c1cc(I)c(OCc2ccc(Cl)cc2)c(I)c1)C(=O)N1CCN(c2ccccc2)CC1. The van der Waals surface area contributed by atoms with Gasteiger partial charge in [-0.1, -0.05) is 41.9 Å². The van der Waals surface area contributed by atoms with Gasteiger partial charge in [-0.15, -0.1) is 0 Å². The lowest BCUT2D eigenvalue weighted by atomic mass is 10.1. The van der Waals surface area contributed by atoms with E-state index in [1.165, 1.54) is 0 Å². The number of ether oxygens (including phenoxy) is 1. The molecule has 0 bridgehead atoms. The second-order valence-electron chi connectivity index (χ2n) is 8.01. The summed E-state index contributed by atoms with van der Waals surface area (Å²) in [7, 11) is 0. The van der Waals surface area contributed by atoms with Gasteiger partial charge >= 0.3 is 0 Å². The van der Waals surface area contributed by atoms with Crippen LogP contribution in [0.5, 0.6) is 5.75 Å². The Bertz CT molecular complexity index is 1240. The van der Waals surface area contributed by atoms with Gasteiger partial charge in [-0.25, -0.2) is 0 Å². The Kier molecular flexibility index (Phi) is 8.92. The molecule has 0 spiro atoms. The van der Waals surface area contributed by atoms with Crippen LogP contribution in [0.4, 0.5) is 5.69 Å². The van der Waals surface area contributed by atoms with Gasteiger partial charge in [0.05, 0.1) is 7.14 Å². The van der Waals surface area contributed by atoms with E-state index in [4.69, 9.17) is 16.3 Å². The van der Waals surface area contributed by atoms with E-state index in [-0.39, 0.29) is 11.5 Å². The summed E-state index contributed by atoms with van der Waals surface area (Å²) in [5.74, 6) is 0.550. The maximum atomic E-state index is 13.1. The van der Waals surface area contributed by atoms with E-state index >= 15 is 0 Å². The molecule has 1 heterocycles. The number of amides is 1. The van der Waals surface area contributed by atoms with Crippen molar-refractivity contribution in [2.75, 3.05) is 31.1 Å². The Balaban J connectivity index is 1.43. The van der Waals surface area contributed by atoms with E-state index in [0.29, 0.717) is 24.7 Å². The van der Waals surface area contributed by atoms with Crippen LogP contribution in [-0.4, -0.2) is 37.0 Å². The van der Waals surface area contributed by atoms with E-state index in [0.717, 1.165) is 42.8 Å². The fourth-order valence-corrected chi connectivity index (χ4v) is 6.08. The second-order valence-corrected chi connectivity index (χ2v) is 10.8. The second kappa shape index (κ2) is 12.1. The van der Waals surface area contributed by atoms with Gasteiger partial charge in [0.2, 0.25) is 0 Å². The number of hydrogen-bond donors (Lipinski definition) is 0. The highest BCUT2D eigenvalue weighted by Gasteiger charge is 2.24. The van der Waals surface area contributed by atoms with Gasteiger partial charge in [0.1, 0.15) is 24.0 Å². The minimum absolute atomic E-state index is 0.139. The molecule has 8 heteroatoms. The molecule has 35 heavy (non-hydrogen) atoms. The minimum atomic E-state index is -0.228. The zero-order chi connectivity index (χ0) is 24.8. The molecular weight excluding hydrogens is 688 g/mol. The largest absolute Gasteiger partial charge is 0.487 e. The number of para-hydroxylation sites is 1. The molecule has 1 fully saturated rings. The fraction of sp³-hybridized carbons (Fsp3) is 0.185. The molecule has 0 atom stereocenters. The van der Waals surface area contributed by atoms with Crippen molar-refractivity contribution in [3.63, 3.8) is 0 Å². The van der Waals surface area contributed by atoms with Crippen LogP contribution in [0.3, 0.4) is 0 Å². The first-order valence-corrected chi connectivity index (χ1v) is 13.6. The van der Waals surface area contributed by atoms with Crippen LogP contribution in [0.1, 0.15) is 11.1 Å². The van der Waals surface area contributed by atoms with E-state index in [1.54, 1.807) is 11.0 Å². The summed E-state index contributed by atoms with van der Waals surface area (Å²) in [5, 5.41) is 10.4. The number of piperazine rings is 1. The molecule has 0 saturated carbocycles. The normalized spacial score (nSPS) is 13.9. The zero-order valence-electron chi connectivity index (χ0n) is 18.8. The number of rotatable bonds is 6. The van der Waals surface area contributed by atoms with Crippen molar-refractivity contribution >= 4 is 74.5 Å². The Morgan fingerprint density at radius 2 is 1.63 bits per heavy atom. The number of nitrogens with zero attached hydrogens (tertiary/aromatic N) is 3. The van der Waals surface area contributed by atoms with Gasteiger partial charge in [-0.2, -0.15) is 5.26 Å². The van der Waals surface area contributed by atoms with Gasteiger partial charge in [-0.05, 0) is 98.8 Å². The van der Waals surface area contributed by atoms with E-state index in [1.807, 2.05) is 54.6 Å². The zero-order valence-corrected chi connectivity index (χ0v) is 23.8. The number of hydrogen-bond acceptors (Lipinski definition) is 4. The van der Waals surface area contributed by atoms with E-state index in [9.17, 15) is 10.1 Å². The average Bonchev–Trinajstić information content (AvgIpc) is 2.88. The summed E-state index contributed by atoms with van der Waals surface area (Å²) in [5.41, 5.74) is 3.11. The predicted molar refractivity (Wildman–Crippen MR) is 156 cm³/mol. The van der Waals surface area contributed by atoms with Crippen LogP contribution in [0.2, 0.25) is 5.02 Å². The third-order valence-electron chi connectivity index (χ3n) is 5.67. The molecule has 0 aromatic heterocycles.